The smallest absolute Gasteiger partial charge is 0.242 e. The van der Waals surface area contributed by atoms with Gasteiger partial charge in [0.2, 0.25) is 11.8 Å². The highest BCUT2D eigenvalue weighted by molar-refractivity contribution is 5.88. The lowest BCUT2D eigenvalue weighted by Gasteiger charge is -2.24. The fourth-order valence-corrected chi connectivity index (χ4v) is 4.82. The van der Waals surface area contributed by atoms with Crippen LogP contribution >= 0.6 is 0 Å². The monoisotopic (exact) mass is 541 g/mol. The van der Waals surface area contributed by atoms with Gasteiger partial charge >= 0.3 is 0 Å². The summed E-state index contributed by atoms with van der Waals surface area (Å²) >= 11 is 0. The maximum Gasteiger partial charge on any atom is 0.242 e. The summed E-state index contributed by atoms with van der Waals surface area (Å²) in [4.78, 5) is 27.2. The number of unbranched alkanes of at least 4 members (excludes halogenated alkanes) is 10. The molecule has 0 radical (unpaired) electrons. The summed E-state index contributed by atoms with van der Waals surface area (Å²) in [5.41, 5.74) is 0. The van der Waals surface area contributed by atoms with Gasteiger partial charge in [-0.2, -0.15) is 0 Å². The van der Waals surface area contributed by atoms with Crippen LogP contribution in [0, 0.1) is 0 Å². The molecule has 1 atom stereocenters. The quantitative estimate of drug-likeness (QED) is 0.145. The molecule has 0 bridgehead atoms. The van der Waals surface area contributed by atoms with Gasteiger partial charge < -0.3 is 29.7 Å². The van der Waals surface area contributed by atoms with E-state index in [1.807, 2.05) is 11.9 Å². The molecular formula is C30H59N3O5. The van der Waals surface area contributed by atoms with Crippen molar-refractivity contribution in [1.82, 2.24) is 15.5 Å². The van der Waals surface area contributed by atoms with Gasteiger partial charge in [-0.05, 0) is 45.7 Å². The summed E-state index contributed by atoms with van der Waals surface area (Å²) in [6.07, 6.45) is 18.0. The van der Waals surface area contributed by atoms with Crippen molar-refractivity contribution in [3.05, 3.63) is 0 Å². The highest BCUT2D eigenvalue weighted by Gasteiger charge is 2.33. The summed E-state index contributed by atoms with van der Waals surface area (Å²) in [6.45, 7) is 8.09. The second-order valence-electron chi connectivity index (χ2n) is 10.5. The average Bonchev–Trinajstić information content (AvgIpc) is 3.42. The van der Waals surface area contributed by atoms with Gasteiger partial charge in [-0.3, -0.25) is 9.59 Å². The average molecular weight is 542 g/mol. The fraction of sp³-hybridized carbons (Fsp3) is 0.933. The zero-order valence-corrected chi connectivity index (χ0v) is 24.7. The molecule has 1 unspecified atom stereocenters. The Morgan fingerprint density at radius 1 is 0.711 bits per heavy atom. The maximum atomic E-state index is 12.7. The van der Waals surface area contributed by atoms with Crippen LogP contribution in [0.1, 0.15) is 110 Å². The van der Waals surface area contributed by atoms with Gasteiger partial charge in [0, 0.05) is 32.7 Å². The molecule has 1 saturated heterocycles. The molecule has 1 heterocycles. The third-order valence-electron chi connectivity index (χ3n) is 7.09. The van der Waals surface area contributed by atoms with Gasteiger partial charge in [0.15, 0.2) is 0 Å². The second-order valence-corrected chi connectivity index (χ2v) is 10.5. The molecule has 0 spiro atoms. The molecule has 8 heteroatoms. The van der Waals surface area contributed by atoms with Crippen LogP contribution in [0.5, 0.6) is 0 Å². The molecule has 2 amide bonds. The number of nitrogens with one attached hydrogen (secondary N) is 2. The molecule has 0 aromatic carbocycles. The molecule has 0 aromatic rings. The van der Waals surface area contributed by atoms with Crippen molar-refractivity contribution < 1.29 is 23.8 Å². The summed E-state index contributed by atoms with van der Waals surface area (Å²) in [5.74, 6) is 0.123. The lowest BCUT2D eigenvalue weighted by Crippen LogP contribution is -2.46. The summed E-state index contributed by atoms with van der Waals surface area (Å²) in [6, 6.07) is -0.301. The second kappa shape index (κ2) is 26.0. The van der Waals surface area contributed by atoms with Crippen LogP contribution in [0.4, 0.5) is 0 Å². The van der Waals surface area contributed by atoms with E-state index < -0.39 is 0 Å². The number of carbonyl (C=O) groups is 2. The zero-order valence-electron chi connectivity index (χ0n) is 24.7. The van der Waals surface area contributed by atoms with Crippen molar-refractivity contribution >= 4 is 11.8 Å². The van der Waals surface area contributed by atoms with Crippen molar-refractivity contribution in [3.63, 3.8) is 0 Å². The minimum absolute atomic E-state index is 0.0205. The molecule has 1 rings (SSSR count). The number of likely N-dealkylation sites (tertiary alicyclic amines) is 1. The Morgan fingerprint density at radius 2 is 1.24 bits per heavy atom. The van der Waals surface area contributed by atoms with Gasteiger partial charge in [0.1, 0.15) is 6.04 Å². The van der Waals surface area contributed by atoms with Gasteiger partial charge in [0.25, 0.3) is 0 Å². The normalized spacial score (nSPS) is 15.3. The van der Waals surface area contributed by atoms with Gasteiger partial charge in [-0.15, -0.1) is 0 Å². The van der Waals surface area contributed by atoms with Crippen LogP contribution in [0.3, 0.4) is 0 Å². The fourth-order valence-electron chi connectivity index (χ4n) is 4.82. The van der Waals surface area contributed by atoms with E-state index in [1.165, 1.54) is 57.8 Å². The van der Waals surface area contributed by atoms with E-state index in [4.69, 9.17) is 14.2 Å². The van der Waals surface area contributed by atoms with E-state index in [9.17, 15) is 9.59 Å². The van der Waals surface area contributed by atoms with Crippen molar-refractivity contribution in [2.24, 2.45) is 0 Å². The number of rotatable bonds is 27. The lowest BCUT2D eigenvalue weighted by atomic mass is 10.0. The van der Waals surface area contributed by atoms with E-state index >= 15 is 0 Å². The highest BCUT2D eigenvalue weighted by atomic mass is 16.5. The van der Waals surface area contributed by atoms with Crippen molar-refractivity contribution in [2.45, 2.75) is 116 Å². The third-order valence-corrected chi connectivity index (χ3v) is 7.09. The Balaban J connectivity index is 1.97. The SMILES string of the molecule is CCCCCCCCCCCCCC(=O)N1CCCC1C(=O)NCCCOCCOCCOCCCNC. The first-order valence-corrected chi connectivity index (χ1v) is 15.7. The van der Waals surface area contributed by atoms with Gasteiger partial charge in [-0.1, -0.05) is 71.1 Å². The van der Waals surface area contributed by atoms with Crippen molar-refractivity contribution in [3.8, 4) is 0 Å². The van der Waals surface area contributed by atoms with Crippen LogP contribution in [0.2, 0.25) is 0 Å². The number of hydrogen-bond donors (Lipinski definition) is 2. The van der Waals surface area contributed by atoms with E-state index in [0.29, 0.717) is 52.5 Å². The minimum Gasteiger partial charge on any atom is -0.379 e. The van der Waals surface area contributed by atoms with Crippen LogP contribution in [0.25, 0.3) is 0 Å². The Bertz CT molecular complexity index is 564. The van der Waals surface area contributed by atoms with Crippen molar-refractivity contribution in [1.29, 1.82) is 0 Å². The molecule has 38 heavy (non-hydrogen) atoms. The Hall–Kier alpha value is -1.22. The van der Waals surface area contributed by atoms with Crippen LogP contribution in [-0.2, 0) is 23.8 Å². The molecular weight excluding hydrogens is 482 g/mol. The number of nitrogens with zero attached hydrogens (tertiary/aromatic N) is 1. The Morgan fingerprint density at radius 3 is 1.82 bits per heavy atom. The number of amides is 2. The van der Waals surface area contributed by atoms with Gasteiger partial charge in [0.05, 0.1) is 26.4 Å². The predicted octanol–water partition coefficient (Wildman–Crippen LogP) is 4.84. The molecule has 224 valence electrons. The third kappa shape index (κ3) is 18.9. The lowest BCUT2D eigenvalue weighted by molar-refractivity contribution is -0.138. The summed E-state index contributed by atoms with van der Waals surface area (Å²) in [5, 5.41) is 6.08. The molecule has 1 aliphatic heterocycles. The molecule has 2 N–H and O–H groups in total. The Kier molecular flexibility index (Phi) is 23.8. The van der Waals surface area contributed by atoms with E-state index in [0.717, 1.165) is 51.7 Å². The molecule has 1 aliphatic rings. The summed E-state index contributed by atoms with van der Waals surface area (Å²) in [7, 11) is 1.93. The highest BCUT2D eigenvalue weighted by Crippen LogP contribution is 2.20. The first-order valence-electron chi connectivity index (χ1n) is 15.7. The molecule has 8 nitrogen and oxygen atoms in total. The van der Waals surface area contributed by atoms with Crippen molar-refractivity contribution in [2.75, 3.05) is 66.3 Å². The van der Waals surface area contributed by atoms with Crippen LogP contribution in [-0.4, -0.2) is 89.1 Å². The summed E-state index contributed by atoms with van der Waals surface area (Å²) < 4.78 is 16.5. The van der Waals surface area contributed by atoms with E-state index in [2.05, 4.69) is 17.6 Å². The molecule has 0 aliphatic carbocycles. The number of carbonyl (C=O) groups excluding carboxylic acids is 2. The number of ether oxygens (including phenoxy) is 3. The molecule has 1 fully saturated rings. The van der Waals surface area contributed by atoms with Gasteiger partial charge in [-0.25, -0.2) is 0 Å². The largest absolute Gasteiger partial charge is 0.379 e. The van der Waals surface area contributed by atoms with Crippen LogP contribution in [0.15, 0.2) is 0 Å². The Labute approximate surface area is 233 Å². The maximum absolute atomic E-state index is 12.7. The standard InChI is InChI=1S/C30H59N3O5/c1-3-4-5-6-7-8-9-10-11-12-13-18-29(34)33-21-14-17-28(33)30(35)32-20-16-23-37-25-27-38-26-24-36-22-15-19-31-2/h28,31H,3-27H2,1-2H3,(H,32,35). The predicted molar refractivity (Wildman–Crippen MR) is 154 cm³/mol. The molecule has 0 saturated carbocycles. The van der Waals surface area contributed by atoms with Crippen LogP contribution < -0.4 is 10.6 Å². The molecule has 0 aromatic heterocycles. The minimum atomic E-state index is -0.301. The first kappa shape index (κ1) is 34.8. The first-order chi connectivity index (χ1) is 18.7. The number of hydrogen-bond acceptors (Lipinski definition) is 6. The van der Waals surface area contributed by atoms with E-state index in [1.54, 1.807) is 0 Å². The van der Waals surface area contributed by atoms with E-state index in [-0.39, 0.29) is 17.9 Å². The zero-order chi connectivity index (χ0) is 27.5. The topological polar surface area (TPSA) is 89.1 Å².